The van der Waals surface area contributed by atoms with Crippen molar-refractivity contribution in [2.75, 3.05) is 18.8 Å². The maximum Gasteiger partial charge on any atom is 0.113 e. The molecule has 1 rings (SSSR count). The van der Waals surface area contributed by atoms with Crippen LogP contribution in [0.2, 0.25) is 0 Å². The third kappa shape index (κ3) is 5.35. The summed E-state index contributed by atoms with van der Waals surface area (Å²) in [6.45, 7) is 4.47. The van der Waals surface area contributed by atoms with Gasteiger partial charge in [-0.1, -0.05) is 6.92 Å². The van der Waals surface area contributed by atoms with Gasteiger partial charge in [0.2, 0.25) is 0 Å². The Labute approximate surface area is 90.5 Å². The smallest absolute Gasteiger partial charge is 0.113 e. The minimum atomic E-state index is 1.00. The Balaban J connectivity index is 1.85. The summed E-state index contributed by atoms with van der Waals surface area (Å²) in [5, 5.41) is 3.39. The van der Waals surface area contributed by atoms with E-state index in [9.17, 15) is 0 Å². The molecule has 0 aromatic carbocycles. The zero-order valence-corrected chi connectivity index (χ0v) is 9.61. The summed E-state index contributed by atoms with van der Waals surface area (Å²) in [5.74, 6) is 3.29. The Hall–Kier alpha value is -0.410. The fourth-order valence-electron chi connectivity index (χ4n) is 1.17. The highest BCUT2D eigenvalue weighted by Gasteiger charge is 1.95. The van der Waals surface area contributed by atoms with E-state index in [4.69, 9.17) is 4.42 Å². The fraction of sp³-hybridized carbons (Fsp3) is 0.636. The Morgan fingerprint density at radius 3 is 3.07 bits per heavy atom. The molecule has 0 saturated heterocycles. The van der Waals surface area contributed by atoms with E-state index in [1.807, 2.05) is 23.9 Å². The molecule has 1 aromatic heterocycles. The van der Waals surface area contributed by atoms with Crippen molar-refractivity contribution in [2.24, 2.45) is 0 Å². The summed E-state index contributed by atoms with van der Waals surface area (Å²) in [5.41, 5.74) is 0. The van der Waals surface area contributed by atoms with E-state index in [0.29, 0.717) is 0 Å². The molecule has 0 aliphatic heterocycles. The lowest BCUT2D eigenvalue weighted by molar-refractivity contribution is 0.530. The fourth-order valence-corrected chi connectivity index (χ4v) is 2.03. The van der Waals surface area contributed by atoms with Crippen LogP contribution in [0.1, 0.15) is 25.5 Å². The molecular weight excluding hydrogens is 194 g/mol. The quantitative estimate of drug-likeness (QED) is 0.672. The molecule has 0 aliphatic rings. The first-order valence-electron chi connectivity index (χ1n) is 5.24. The van der Waals surface area contributed by atoms with Gasteiger partial charge in [-0.2, -0.15) is 11.8 Å². The van der Waals surface area contributed by atoms with Crippen LogP contribution in [0.4, 0.5) is 0 Å². The summed E-state index contributed by atoms with van der Waals surface area (Å²) < 4.78 is 5.24. The maximum atomic E-state index is 5.24. The molecule has 80 valence electrons. The Bertz CT molecular complexity index is 211. The minimum absolute atomic E-state index is 1.00. The first-order chi connectivity index (χ1) is 6.93. The van der Waals surface area contributed by atoms with Crippen LogP contribution >= 0.6 is 11.8 Å². The van der Waals surface area contributed by atoms with Gasteiger partial charge >= 0.3 is 0 Å². The zero-order valence-electron chi connectivity index (χ0n) is 8.79. The monoisotopic (exact) mass is 213 g/mol. The number of thioether (sulfide) groups is 1. The lowest BCUT2D eigenvalue weighted by Crippen LogP contribution is -2.16. The Morgan fingerprint density at radius 1 is 1.43 bits per heavy atom. The van der Waals surface area contributed by atoms with Crippen LogP contribution in [0.15, 0.2) is 22.8 Å². The molecule has 1 aromatic rings. The summed E-state index contributed by atoms with van der Waals surface area (Å²) in [7, 11) is 0. The number of rotatable bonds is 8. The molecule has 0 unspecified atom stereocenters. The van der Waals surface area contributed by atoms with E-state index >= 15 is 0 Å². The van der Waals surface area contributed by atoms with Crippen LogP contribution in [-0.4, -0.2) is 18.8 Å². The van der Waals surface area contributed by atoms with Crippen LogP contribution in [0.25, 0.3) is 0 Å². The third-order valence-corrected chi connectivity index (χ3v) is 2.96. The average molecular weight is 213 g/mol. The normalized spacial score (nSPS) is 10.6. The van der Waals surface area contributed by atoms with Gasteiger partial charge in [-0.25, -0.2) is 0 Å². The zero-order chi connectivity index (χ0) is 10.1. The lowest BCUT2D eigenvalue weighted by atomic mass is 10.4. The van der Waals surface area contributed by atoms with Crippen molar-refractivity contribution in [3.63, 3.8) is 0 Å². The van der Waals surface area contributed by atoms with Crippen molar-refractivity contribution < 1.29 is 4.42 Å². The Kier molecular flexibility index (Phi) is 6.62. The molecule has 2 nitrogen and oxygen atoms in total. The summed E-state index contributed by atoms with van der Waals surface area (Å²) in [6, 6.07) is 3.97. The number of furan rings is 1. The highest BCUT2D eigenvalue weighted by atomic mass is 32.2. The van der Waals surface area contributed by atoms with Crippen molar-refractivity contribution in [1.82, 2.24) is 5.32 Å². The molecule has 1 heterocycles. The molecule has 0 aliphatic carbocycles. The summed E-state index contributed by atoms with van der Waals surface area (Å²) in [4.78, 5) is 0. The second-order valence-electron chi connectivity index (χ2n) is 3.24. The van der Waals surface area contributed by atoms with E-state index < -0.39 is 0 Å². The van der Waals surface area contributed by atoms with E-state index in [1.54, 1.807) is 6.26 Å². The van der Waals surface area contributed by atoms with Gasteiger partial charge in [0.05, 0.1) is 12.0 Å². The van der Waals surface area contributed by atoms with Crippen LogP contribution in [0.3, 0.4) is 0 Å². The van der Waals surface area contributed by atoms with Crippen LogP contribution in [-0.2, 0) is 5.75 Å². The van der Waals surface area contributed by atoms with Gasteiger partial charge in [0.25, 0.3) is 0 Å². The second kappa shape index (κ2) is 7.94. The van der Waals surface area contributed by atoms with E-state index in [-0.39, 0.29) is 0 Å². The Morgan fingerprint density at radius 2 is 2.36 bits per heavy atom. The molecule has 0 spiro atoms. The average Bonchev–Trinajstić information content (AvgIpc) is 2.69. The summed E-state index contributed by atoms with van der Waals surface area (Å²) >= 11 is 1.94. The van der Waals surface area contributed by atoms with Crippen molar-refractivity contribution in [3.8, 4) is 0 Å². The molecule has 0 amide bonds. The van der Waals surface area contributed by atoms with Crippen LogP contribution < -0.4 is 5.32 Å². The van der Waals surface area contributed by atoms with E-state index in [0.717, 1.165) is 24.6 Å². The molecule has 3 heteroatoms. The second-order valence-corrected chi connectivity index (χ2v) is 4.34. The maximum absolute atomic E-state index is 5.24. The standard InChI is InChI=1S/C11H19NOS/c1-2-6-12-7-4-9-14-10-11-5-3-8-13-11/h3,5,8,12H,2,4,6-7,9-10H2,1H3. The highest BCUT2D eigenvalue weighted by molar-refractivity contribution is 7.98. The van der Waals surface area contributed by atoms with Crippen LogP contribution in [0.5, 0.6) is 0 Å². The van der Waals surface area contributed by atoms with Crippen molar-refractivity contribution in [3.05, 3.63) is 24.2 Å². The topological polar surface area (TPSA) is 25.2 Å². The van der Waals surface area contributed by atoms with E-state index in [2.05, 4.69) is 12.2 Å². The molecule has 0 radical (unpaired) electrons. The molecular formula is C11H19NOS. The van der Waals surface area contributed by atoms with Gasteiger partial charge in [0, 0.05) is 0 Å². The molecule has 0 fully saturated rings. The van der Waals surface area contributed by atoms with Gasteiger partial charge < -0.3 is 9.73 Å². The predicted octanol–water partition coefficient (Wildman–Crippen LogP) is 2.90. The lowest BCUT2D eigenvalue weighted by Gasteiger charge is -2.01. The van der Waals surface area contributed by atoms with Gasteiger partial charge in [-0.15, -0.1) is 0 Å². The van der Waals surface area contributed by atoms with E-state index in [1.165, 1.54) is 18.6 Å². The van der Waals surface area contributed by atoms with Gasteiger partial charge in [-0.05, 0) is 43.8 Å². The van der Waals surface area contributed by atoms with Gasteiger partial charge in [0.1, 0.15) is 5.76 Å². The molecule has 0 bridgehead atoms. The number of hydrogen-bond donors (Lipinski definition) is 1. The largest absolute Gasteiger partial charge is 0.468 e. The summed E-state index contributed by atoms with van der Waals surface area (Å²) in [6.07, 6.45) is 4.20. The molecule has 1 N–H and O–H groups in total. The molecule has 0 atom stereocenters. The SMILES string of the molecule is CCCNCCCSCc1ccco1. The number of nitrogens with one attached hydrogen (secondary N) is 1. The van der Waals surface area contributed by atoms with Gasteiger partial charge in [-0.3, -0.25) is 0 Å². The molecule has 0 saturated carbocycles. The first kappa shape index (κ1) is 11.7. The van der Waals surface area contributed by atoms with Crippen LogP contribution in [0, 0.1) is 0 Å². The first-order valence-corrected chi connectivity index (χ1v) is 6.39. The van der Waals surface area contributed by atoms with Crippen molar-refractivity contribution in [2.45, 2.75) is 25.5 Å². The molecule has 14 heavy (non-hydrogen) atoms. The van der Waals surface area contributed by atoms with Crippen molar-refractivity contribution in [1.29, 1.82) is 0 Å². The minimum Gasteiger partial charge on any atom is -0.468 e. The number of hydrogen-bond acceptors (Lipinski definition) is 3. The third-order valence-electron chi connectivity index (χ3n) is 1.89. The highest BCUT2D eigenvalue weighted by Crippen LogP contribution is 2.12. The van der Waals surface area contributed by atoms with Gasteiger partial charge in [0.15, 0.2) is 0 Å². The predicted molar refractivity (Wildman–Crippen MR) is 62.6 cm³/mol. The van der Waals surface area contributed by atoms with Crippen molar-refractivity contribution >= 4 is 11.8 Å².